The van der Waals surface area contributed by atoms with E-state index >= 15 is 0 Å². The number of hydrogen-bond acceptors (Lipinski definition) is 4. The molecule has 0 amide bonds. The van der Waals surface area contributed by atoms with E-state index in [1.54, 1.807) is 10.8 Å². The molecule has 0 aliphatic carbocycles. The summed E-state index contributed by atoms with van der Waals surface area (Å²) in [6.45, 7) is -0.522. The normalized spacial score (nSPS) is 11.6. The fourth-order valence-corrected chi connectivity index (χ4v) is 2.64. The fourth-order valence-electron chi connectivity index (χ4n) is 1.31. The van der Waals surface area contributed by atoms with E-state index in [0.29, 0.717) is 5.56 Å². The molecule has 0 aliphatic rings. The van der Waals surface area contributed by atoms with Crippen LogP contribution in [0.2, 0.25) is 0 Å². The molecular formula is C11H14ClF2N3O2S. The molecule has 0 saturated heterocycles. The molecule has 1 aromatic rings. The van der Waals surface area contributed by atoms with E-state index < -0.39 is 29.0 Å². The molecule has 0 bridgehead atoms. The van der Waals surface area contributed by atoms with Crippen molar-refractivity contribution in [3.05, 3.63) is 29.3 Å². The molecule has 0 saturated carbocycles. The summed E-state index contributed by atoms with van der Waals surface area (Å²) in [4.78, 5) is -0.195. The number of nitrogens with one attached hydrogen (secondary N) is 1. The van der Waals surface area contributed by atoms with E-state index in [2.05, 4.69) is 0 Å². The zero-order valence-corrected chi connectivity index (χ0v) is 12.2. The third-order valence-corrected chi connectivity index (χ3v) is 3.97. The van der Waals surface area contributed by atoms with Crippen molar-refractivity contribution in [2.45, 2.75) is 17.7 Å². The minimum atomic E-state index is -4.10. The monoisotopic (exact) mass is 325 g/mol. The van der Waals surface area contributed by atoms with Gasteiger partial charge in [-0.3, -0.25) is 0 Å². The lowest BCUT2D eigenvalue weighted by Crippen LogP contribution is -2.41. The predicted octanol–water partition coefficient (Wildman–Crippen LogP) is 1.16. The Morgan fingerprint density at radius 1 is 1.45 bits per heavy atom. The molecule has 0 atom stereocenters. The van der Waals surface area contributed by atoms with Crippen LogP contribution in [0.5, 0.6) is 0 Å². The van der Waals surface area contributed by atoms with Crippen LogP contribution in [0.4, 0.5) is 8.78 Å². The first kappa shape index (κ1) is 18.7. The van der Waals surface area contributed by atoms with E-state index in [9.17, 15) is 17.2 Å². The number of aryl methyl sites for hydroxylation is 1. The molecule has 1 aromatic carbocycles. The minimum absolute atomic E-state index is 0. The molecule has 0 unspecified atom stereocenters. The predicted molar refractivity (Wildman–Crippen MR) is 72.3 cm³/mol. The third-order valence-electron chi connectivity index (χ3n) is 2.43. The Kier molecular flexibility index (Phi) is 6.50. The van der Waals surface area contributed by atoms with Crippen LogP contribution in [0, 0.1) is 18.3 Å². The number of sulfonamides is 1. The minimum Gasteiger partial charge on any atom is -0.325 e. The molecule has 0 heterocycles. The van der Waals surface area contributed by atoms with Gasteiger partial charge in [0.05, 0.1) is 29.6 Å². The smallest absolute Gasteiger partial charge is 0.273 e. The molecule has 0 aromatic heterocycles. The van der Waals surface area contributed by atoms with Crippen LogP contribution in [0.25, 0.3) is 0 Å². The summed E-state index contributed by atoms with van der Waals surface area (Å²) in [7, 11) is -4.10. The van der Waals surface area contributed by atoms with Crippen molar-refractivity contribution in [2.75, 3.05) is 13.1 Å². The third kappa shape index (κ3) is 4.68. The van der Waals surface area contributed by atoms with Crippen molar-refractivity contribution in [3.63, 3.8) is 0 Å². The maximum absolute atomic E-state index is 12.9. The van der Waals surface area contributed by atoms with E-state index in [1.807, 2.05) is 0 Å². The van der Waals surface area contributed by atoms with Crippen LogP contribution in [0.1, 0.15) is 11.1 Å². The van der Waals surface area contributed by atoms with Gasteiger partial charge in [-0.05, 0) is 24.6 Å². The maximum Gasteiger partial charge on any atom is 0.273 e. The zero-order chi connectivity index (χ0) is 14.7. The highest BCUT2D eigenvalue weighted by Gasteiger charge is 2.29. The molecule has 5 nitrogen and oxygen atoms in total. The molecule has 0 spiro atoms. The molecule has 3 N–H and O–H groups in total. The SMILES string of the molecule is Cc1ccc(C#N)cc1S(=O)(=O)NCC(F)(F)CN.Cl. The van der Waals surface area contributed by atoms with E-state index in [-0.39, 0.29) is 22.9 Å². The molecule has 9 heteroatoms. The van der Waals surface area contributed by atoms with Crippen molar-refractivity contribution in [1.29, 1.82) is 5.26 Å². The maximum atomic E-state index is 12.9. The Balaban J connectivity index is 0.00000361. The molecule has 1 rings (SSSR count). The quantitative estimate of drug-likeness (QED) is 0.849. The lowest BCUT2D eigenvalue weighted by Gasteiger charge is -2.15. The molecular weight excluding hydrogens is 312 g/mol. The van der Waals surface area contributed by atoms with E-state index in [0.717, 1.165) is 6.07 Å². The second-order valence-corrected chi connectivity index (χ2v) is 5.71. The molecule has 20 heavy (non-hydrogen) atoms. The number of nitrogens with zero attached hydrogens (tertiary/aromatic N) is 1. The summed E-state index contributed by atoms with van der Waals surface area (Å²) < 4.78 is 51.5. The summed E-state index contributed by atoms with van der Waals surface area (Å²) in [5.74, 6) is -3.31. The average molecular weight is 326 g/mol. The number of nitrogens with two attached hydrogens (primary N) is 1. The molecule has 112 valence electrons. The topological polar surface area (TPSA) is 96.0 Å². The number of benzene rings is 1. The van der Waals surface area contributed by atoms with Gasteiger partial charge in [0.1, 0.15) is 0 Å². The van der Waals surface area contributed by atoms with Gasteiger partial charge in [-0.2, -0.15) is 5.26 Å². The van der Waals surface area contributed by atoms with Crippen molar-refractivity contribution >= 4 is 22.4 Å². The Labute approximate surface area is 122 Å². The first-order chi connectivity index (χ1) is 8.72. The van der Waals surface area contributed by atoms with Crippen molar-refractivity contribution in [2.24, 2.45) is 5.73 Å². The first-order valence-electron chi connectivity index (χ1n) is 5.30. The summed E-state index contributed by atoms with van der Waals surface area (Å²) >= 11 is 0. The van der Waals surface area contributed by atoms with Gasteiger partial charge in [-0.15, -0.1) is 12.4 Å². The highest BCUT2D eigenvalue weighted by molar-refractivity contribution is 7.89. The Hall–Kier alpha value is -1.27. The Bertz CT molecular complexity index is 615. The lowest BCUT2D eigenvalue weighted by molar-refractivity contribution is 0.0170. The van der Waals surface area contributed by atoms with Crippen LogP contribution in [-0.4, -0.2) is 27.4 Å². The number of nitriles is 1. The average Bonchev–Trinajstić information content (AvgIpc) is 2.37. The van der Waals surface area contributed by atoms with Gasteiger partial charge in [0.15, 0.2) is 0 Å². The molecule has 0 aliphatic heterocycles. The summed E-state index contributed by atoms with van der Waals surface area (Å²) in [6, 6.07) is 5.81. The van der Waals surface area contributed by atoms with Gasteiger partial charge in [0, 0.05) is 0 Å². The van der Waals surface area contributed by atoms with Crippen LogP contribution < -0.4 is 10.5 Å². The summed E-state index contributed by atoms with van der Waals surface area (Å²) in [5.41, 5.74) is 5.32. The zero-order valence-electron chi connectivity index (χ0n) is 10.6. The summed E-state index contributed by atoms with van der Waals surface area (Å²) in [6.07, 6.45) is 0. The second-order valence-electron chi connectivity index (χ2n) is 3.98. The first-order valence-corrected chi connectivity index (χ1v) is 6.78. The highest BCUT2D eigenvalue weighted by Crippen LogP contribution is 2.18. The van der Waals surface area contributed by atoms with Gasteiger partial charge < -0.3 is 5.73 Å². The van der Waals surface area contributed by atoms with Crippen molar-refractivity contribution < 1.29 is 17.2 Å². The molecule has 0 fully saturated rings. The summed E-state index contributed by atoms with van der Waals surface area (Å²) in [5, 5.41) is 8.71. The van der Waals surface area contributed by atoms with Crippen LogP contribution in [-0.2, 0) is 10.0 Å². The lowest BCUT2D eigenvalue weighted by atomic mass is 10.2. The van der Waals surface area contributed by atoms with Crippen LogP contribution >= 0.6 is 12.4 Å². The van der Waals surface area contributed by atoms with Crippen molar-refractivity contribution in [3.8, 4) is 6.07 Å². The van der Waals surface area contributed by atoms with Crippen LogP contribution in [0.3, 0.4) is 0 Å². The van der Waals surface area contributed by atoms with Gasteiger partial charge in [0.25, 0.3) is 5.92 Å². The van der Waals surface area contributed by atoms with Gasteiger partial charge in [0.2, 0.25) is 10.0 Å². The van der Waals surface area contributed by atoms with E-state index in [4.69, 9.17) is 11.0 Å². The van der Waals surface area contributed by atoms with E-state index in [1.165, 1.54) is 19.1 Å². The second kappa shape index (κ2) is 6.95. The number of hydrogen-bond donors (Lipinski definition) is 2. The highest BCUT2D eigenvalue weighted by atomic mass is 35.5. The van der Waals surface area contributed by atoms with Crippen molar-refractivity contribution in [1.82, 2.24) is 4.72 Å². The molecule has 0 radical (unpaired) electrons. The van der Waals surface area contributed by atoms with Crippen LogP contribution in [0.15, 0.2) is 23.1 Å². The van der Waals surface area contributed by atoms with Gasteiger partial charge >= 0.3 is 0 Å². The Morgan fingerprint density at radius 2 is 2.05 bits per heavy atom. The fraction of sp³-hybridized carbons (Fsp3) is 0.364. The van der Waals surface area contributed by atoms with Gasteiger partial charge in [-0.1, -0.05) is 6.07 Å². The van der Waals surface area contributed by atoms with Gasteiger partial charge in [-0.25, -0.2) is 21.9 Å². The number of halogens is 3. The standard InChI is InChI=1S/C11H13F2N3O2S.ClH/c1-8-2-3-9(5-14)4-10(8)19(17,18)16-7-11(12,13)6-15;/h2-4,16H,6-7,15H2,1H3;1H. The largest absolute Gasteiger partial charge is 0.325 e. The number of rotatable bonds is 5. The number of alkyl halides is 2. The Morgan fingerprint density at radius 3 is 2.55 bits per heavy atom.